The van der Waals surface area contributed by atoms with E-state index in [1.165, 1.54) is 77.7 Å². The molecule has 1 rings (SSSR count). The highest BCUT2D eigenvalue weighted by molar-refractivity contribution is 5.68. The topological polar surface area (TPSA) is 38.8 Å². The molecular formula is C19H36O3. The highest BCUT2D eigenvalue weighted by Crippen LogP contribution is 2.31. The Morgan fingerprint density at radius 2 is 1.32 bits per heavy atom. The molecule has 130 valence electrons. The van der Waals surface area contributed by atoms with Crippen LogP contribution < -0.4 is 0 Å². The van der Waals surface area contributed by atoms with Crippen LogP contribution >= 0.6 is 0 Å². The van der Waals surface area contributed by atoms with Crippen molar-refractivity contribution in [2.75, 3.05) is 7.11 Å². The SMILES string of the molecule is CCCCCCCCCC[C@H]1O[C@H]1CCCCCC(=O)OC. The molecule has 0 saturated carbocycles. The first-order valence-electron chi connectivity index (χ1n) is 9.50. The summed E-state index contributed by atoms with van der Waals surface area (Å²) in [6.45, 7) is 2.27. The van der Waals surface area contributed by atoms with E-state index in [2.05, 4.69) is 11.7 Å². The monoisotopic (exact) mass is 312 g/mol. The molecule has 0 radical (unpaired) electrons. The molecular weight excluding hydrogens is 276 g/mol. The van der Waals surface area contributed by atoms with Crippen molar-refractivity contribution in [3.05, 3.63) is 0 Å². The number of hydrogen-bond donors (Lipinski definition) is 0. The maximum absolute atomic E-state index is 11.0. The highest BCUT2D eigenvalue weighted by Gasteiger charge is 2.36. The van der Waals surface area contributed by atoms with Crippen LogP contribution in [0.3, 0.4) is 0 Å². The van der Waals surface area contributed by atoms with Crippen LogP contribution in [-0.4, -0.2) is 25.3 Å². The number of carbonyl (C=O) groups excluding carboxylic acids is 1. The Kier molecular flexibility index (Phi) is 11.4. The molecule has 0 N–H and O–H groups in total. The van der Waals surface area contributed by atoms with E-state index in [1.807, 2.05) is 0 Å². The van der Waals surface area contributed by atoms with E-state index >= 15 is 0 Å². The second-order valence-electron chi connectivity index (χ2n) is 6.65. The van der Waals surface area contributed by atoms with Crippen LogP contribution in [0.4, 0.5) is 0 Å². The van der Waals surface area contributed by atoms with Gasteiger partial charge in [-0.15, -0.1) is 0 Å². The van der Waals surface area contributed by atoms with Gasteiger partial charge in [0.15, 0.2) is 0 Å². The summed E-state index contributed by atoms with van der Waals surface area (Å²) in [5.74, 6) is -0.0877. The number of esters is 1. The Bertz CT molecular complexity index is 278. The molecule has 0 aromatic heterocycles. The van der Waals surface area contributed by atoms with Crippen molar-refractivity contribution in [1.82, 2.24) is 0 Å². The third-order valence-electron chi connectivity index (χ3n) is 4.63. The molecule has 0 amide bonds. The quantitative estimate of drug-likeness (QED) is 0.230. The maximum Gasteiger partial charge on any atom is 0.305 e. The second kappa shape index (κ2) is 12.9. The van der Waals surface area contributed by atoms with Gasteiger partial charge in [-0.25, -0.2) is 0 Å². The number of carbonyl (C=O) groups is 1. The summed E-state index contributed by atoms with van der Waals surface area (Å²) in [6.07, 6.45) is 18.4. The summed E-state index contributed by atoms with van der Waals surface area (Å²) in [6, 6.07) is 0. The second-order valence-corrected chi connectivity index (χ2v) is 6.65. The summed E-state index contributed by atoms with van der Waals surface area (Å²) in [5.41, 5.74) is 0. The first-order chi connectivity index (χ1) is 10.8. The zero-order valence-electron chi connectivity index (χ0n) is 14.8. The molecule has 2 atom stereocenters. The lowest BCUT2D eigenvalue weighted by Gasteiger charge is -2.01. The molecule has 0 bridgehead atoms. The smallest absolute Gasteiger partial charge is 0.305 e. The van der Waals surface area contributed by atoms with Crippen LogP contribution in [-0.2, 0) is 14.3 Å². The van der Waals surface area contributed by atoms with Gasteiger partial charge in [-0.1, -0.05) is 71.1 Å². The molecule has 22 heavy (non-hydrogen) atoms. The molecule has 3 heteroatoms. The minimum Gasteiger partial charge on any atom is -0.469 e. The van der Waals surface area contributed by atoms with Gasteiger partial charge >= 0.3 is 5.97 Å². The van der Waals surface area contributed by atoms with Crippen molar-refractivity contribution in [1.29, 1.82) is 0 Å². The molecule has 0 aromatic carbocycles. The Hall–Kier alpha value is -0.570. The molecule has 0 aliphatic carbocycles. The predicted octanol–water partition coefficient (Wildman–Crippen LogP) is 5.41. The largest absolute Gasteiger partial charge is 0.469 e. The summed E-state index contributed by atoms with van der Waals surface area (Å²) >= 11 is 0. The van der Waals surface area contributed by atoms with E-state index in [0.29, 0.717) is 18.6 Å². The van der Waals surface area contributed by atoms with Crippen molar-refractivity contribution >= 4 is 5.97 Å². The number of rotatable bonds is 15. The van der Waals surface area contributed by atoms with Crippen LogP contribution in [0.15, 0.2) is 0 Å². The minimum atomic E-state index is -0.0877. The van der Waals surface area contributed by atoms with Crippen LogP contribution in [0.2, 0.25) is 0 Å². The molecule has 1 aliphatic heterocycles. The fourth-order valence-electron chi connectivity index (χ4n) is 3.06. The number of epoxide rings is 1. The number of methoxy groups -OCH3 is 1. The lowest BCUT2D eigenvalue weighted by Crippen LogP contribution is -1.99. The average molecular weight is 312 g/mol. The predicted molar refractivity (Wildman–Crippen MR) is 91.0 cm³/mol. The van der Waals surface area contributed by atoms with Gasteiger partial charge in [-0.2, -0.15) is 0 Å². The Morgan fingerprint density at radius 3 is 1.86 bits per heavy atom. The zero-order chi connectivity index (χ0) is 16.0. The van der Waals surface area contributed by atoms with E-state index in [0.717, 1.165) is 12.8 Å². The molecule has 0 aromatic rings. The Morgan fingerprint density at radius 1 is 0.818 bits per heavy atom. The Labute approximate surface area is 137 Å². The van der Waals surface area contributed by atoms with E-state index in [-0.39, 0.29) is 5.97 Å². The van der Waals surface area contributed by atoms with Crippen molar-refractivity contribution in [3.8, 4) is 0 Å². The van der Waals surface area contributed by atoms with Gasteiger partial charge < -0.3 is 9.47 Å². The molecule has 0 unspecified atom stereocenters. The van der Waals surface area contributed by atoms with Crippen LogP contribution in [0, 0.1) is 0 Å². The molecule has 1 heterocycles. The minimum absolute atomic E-state index is 0.0877. The first-order valence-corrected chi connectivity index (χ1v) is 9.50. The maximum atomic E-state index is 11.0. The van der Waals surface area contributed by atoms with Gasteiger partial charge in [0, 0.05) is 6.42 Å². The van der Waals surface area contributed by atoms with Gasteiger partial charge in [0.1, 0.15) is 0 Å². The molecule has 3 nitrogen and oxygen atoms in total. The van der Waals surface area contributed by atoms with Gasteiger partial charge in [-0.3, -0.25) is 4.79 Å². The van der Waals surface area contributed by atoms with Gasteiger partial charge in [0.05, 0.1) is 19.3 Å². The number of unbranched alkanes of at least 4 members (excludes halogenated alkanes) is 9. The van der Waals surface area contributed by atoms with Gasteiger partial charge in [0.2, 0.25) is 0 Å². The van der Waals surface area contributed by atoms with Crippen molar-refractivity contribution < 1.29 is 14.3 Å². The average Bonchev–Trinajstić information content (AvgIpc) is 3.27. The van der Waals surface area contributed by atoms with E-state index in [1.54, 1.807) is 0 Å². The van der Waals surface area contributed by atoms with Crippen molar-refractivity contribution in [3.63, 3.8) is 0 Å². The van der Waals surface area contributed by atoms with Crippen LogP contribution in [0.25, 0.3) is 0 Å². The number of hydrogen-bond acceptors (Lipinski definition) is 3. The fraction of sp³-hybridized carbons (Fsp3) is 0.947. The normalized spacial score (nSPS) is 20.1. The van der Waals surface area contributed by atoms with E-state index < -0.39 is 0 Å². The van der Waals surface area contributed by atoms with Crippen LogP contribution in [0.5, 0.6) is 0 Å². The standard InChI is InChI=1S/C19H36O3/c1-3-4-5-6-7-8-9-11-14-17-18(22-17)15-12-10-13-16-19(20)21-2/h17-18H,3-16H2,1-2H3/t17-,18+/m1/s1. The Balaban J connectivity index is 1.78. The van der Waals surface area contributed by atoms with Crippen molar-refractivity contribution in [2.24, 2.45) is 0 Å². The molecule has 1 fully saturated rings. The molecule has 0 spiro atoms. The lowest BCUT2D eigenvalue weighted by molar-refractivity contribution is -0.140. The third-order valence-corrected chi connectivity index (χ3v) is 4.63. The van der Waals surface area contributed by atoms with E-state index in [4.69, 9.17) is 4.74 Å². The first kappa shape index (κ1) is 19.5. The molecule has 1 saturated heterocycles. The summed E-state index contributed by atoms with van der Waals surface area (Å²) in [5, 5.41) is 0. The van der Waals surface area contributed by atoms with Gasteiger partial charge in [-0.05, 0) is 19.3 Å². The van der Waals surface area contributed by atoms with Crippen molar-refractivity contribution in [2.45, 2.75) is 109 Å². The molecule has 1 aliphatic rings. The number of ether oxygens (including phenoxy) is 2. The van der Waals surface area contributed by atoms with E-state index in [9.17, 15) is 4.79 Å². The van der Waals surface area contributed by atoms with Gasteiger partial charge in [0.25, 0.3) is 0 Å². The third kappa shape index (κ3) is 10.2. The summed E-state index contributed by atoms with van der Waals surface area (Å²) in [4.78, 5) is 11.0. The fourth-order valence-corrected chi connectivity index (χ4v) is 3.06. The summed E-state index contributed by atoms with van der Waals surface area (Å²) < 4.78 is 10.4. The summed E-state index contributed by atoms with van der Waals surface area (Å²) in [7, 11) is 1.45. The highest BCUT2D eigenvalue weighted by atomic mass is 16.6. The zero-order valence-corrected chi connectivity index (χ0v) is 14.8. The lowest BCUT2D eigenvalue weighted by atomic mass is 10.0. The van der Waals surface area contributed by atoms with Crippen LogP contribution in [0.1, 0.15) is 96.8 Å².